The molecule has 1 amide bonds. The number of carboxylic acid groups (broad SMARTS) is 1. The number of hydrogen-bond acceptors (Lipinski definition) is 4. The van der Waals surface area contributed by atoms with Gasteiger partial charge in [0.25, 0.3) is 5.91 Å². The van der Waals surface area contributed by atoms with Gasteiger partial charge in [-0.05, 0) is 18.6 Å². The van der Waals surface area contributed by atoms with Crippen LogP contribution in [-0.2, 0) is 4.79 Å². The fraction of sp³-hybridized carbons (Fsp3) is 0.143. The number of rotatable bonds is 4. The number of anilines is 1. The van der Waals surface area contributed by atoms with E-state index in [2.05, 4.69) is 5.32 Å². The highest BCUT2D eigenvalue weighted by Crippen LogP contribution is 2.33. The van der Waals surface area contributed by atoms with Crippen LogP contribution in [0.4, 0.5) is 5.00 Å². The first-order valence-electron chi connectivity index (χ1n) is 5.97. The molecule has 20 heavy (non-hydrogen) atoms. The first-order valence-corrected chi connectivity index (χ1v) is 6.79. The van der Waals surface area contributed by atoms with Crippen LogP contribution < -0.4 is 11.1 Å². The van der Waals surface area contributed by atoms with Gasteiger partial charge in [-0.3, -0.25) is 9.59 Å². The number of nitrogens with two attached hydrogens (primary N) is 1. The second-order valence-electron chi connectivity index (χ2n) is 4.29. The van der Waals surface area contributed by atoms with E-state index >= 15 is 0 Å². The predicted molar refractivity (Wildman–Crippen MR) is 78.7 cm³/mol. The molecule has 2 rings (SSSR count). The summed E-state index contributed by atoms with van der Waals surface area (Å²) in [6.07, 6.45) is 0. The summed E-state index contributed by atoms with van der Waals surface area (Å²) in [5.74, 6) is -1.56. The summed E-state index contributed by atoms with van der Waals surface area (Å²) in [6.45, 7) is 1.40. The van der Waals surface area contributed by atoms with Gasteiger partial charge in [0.1, 0.15) is 6.04 Å². The van der Waals surface area contributed by atoms with E-state index in [1.807, 2.05) is 30.3 Å². The van der Waals surface area contributed by atoms with Crippen molar-refractivity contribution >= 4 is 28.2 Å². The van der Waals surface area contributed by atoms with Gasteiger partial charge in [-0.25, -0.2) is 0 Å². The monoisotopic (exact) mass is 290 g/mol. The van der Waals surface area contributed by atoms with Crippen LogP contribution in [0.1, 0.15) is 17.3 Å². The highest BCUT2D eigenvalue weighted by atomic mass is 32.1. The Hall–Kier alpha value is -2.34. The molecule has 0 saturated heterocycles. The standard InChI is InChI=1S/C14H14N2O3S/c1-8(14(18)19)16-13(17)10-7-11(20-12(10)15)9-5-3-2-4-6-9/h2-8H,15H2,1H3,(H,16,17)(H,18,19). The van der Waals surface area contributed by atoms with Crippen molar-refractivity contribution in [1.82, 2.24) is 5.32 Å². The average molecular weight is 290 g/mol. The van der Waals surface area contributed by atoms with Gasteiger partial charge in [-0.1, -0.05) is 30.3 Å². The minimum atomic E-state index is -1.09. The average Bonchev–Trinajstić information content (AvgIpc) is 2.81. The maximum atomic E-state index is 12.0. The van der Waals surface area contributed by atoms with Crippen molar-refractivity contribution < 1.29 is 14.7 Å². The number of hydrogen-bond donors (Lipinski definition) is 3. The molecule has 0 saturated carbocycles. The Balaban J connectivity index is 2.24. The fourth-order valence-corrected chi connectivity index (χ4v) is 2.59. The summed E-state index contributed by atoms with van der Waals surface area (Å²) < 4.78 is 0. The van der Waals surface area contributed by atoms with Gasteiger partial charge in [0, 0.05) is 4.88 Å². The molecule has 0 spiro atoms. The maximum absolute atomic E-state index is 12.0. The molecule has 2 aromatic rings. The number of thiophene rings is 1. The lowest BCUT2D eigenvalue weighted by atomic mass is 10.1. The van der Waals surface area contributed by atoms with Crippen molar-refractivity contribution in [3.05, 3.63) is 42.0 Å². The topological polar surface area (TPSA) is 92.4 Å². The molecule has 4 N–H and O–H groups in total. The van der Waals surface area contributed by atoms with Crippen LogP contribution in [0.3, 0.4) is 0 Å². The third kappa shape index (κ3) is 2.97. The molecule has 1 atom stereocenters. The Morgan fingerprint density at radius 3 is 2.55 bits per heavy atom. The van der Waals surface area contributed by atoms with Gasteiger partial charge < -0.3 is 16.2 Å². The molecule has 6 heteroatoms. The molecule has 0 aliphatic heterocycles. The van der Waals surface area contributed by atoms with Crippen LogP contribution in [0.5, 0.6) is 0 Å². The number of carbonyl (C=O) groups excluding carboxylic acids is 1. The number of carboxylic acids is 1. The molecule has 0 bridgehead atoms. The smallest absolute Gasteiger partial charge is 0.325 e. The molecule has 1 heterocycles. The molecule has 0 aliphatic rings. The molecule has 104 valence electrons. The van der Waals surface area contributed by atoms with Crippen molar-refractivity contribution in [2.45, 2.75) is 13.0 Å². The minimum Gasteiger partial charge on any atom is -0.480 e. The first-order chi connectivity index (χ1) is 9.49. The van der Waals surface area contributed by atoms with Crippen molar-refractivity contribution in [2.75, 3.05) is 5.73 Å². The van der Waals surface area contributed by atoms with Gasteiger partial charge >= 0.3 is 5.97 Å². The highest BCUT2D eigenvalue weighted by molar-refractivity contribution is 7.19. The molecule has 1 aromatic heterocycles. The summed E-state index contributed by atoms with van der Waals surface area (Å²) in [6, 6.07) is 10.3. The van der Waals surface area contributed by atoms with E-state index in [0.717, 1.165) is 10.4 Å². The van der Waals surface area contributed by atoms with Crippen LogP contribution in [0.25, 0.3) is 10.4 Å². The van der Waals surface area contributed by atoms with Crippen molar-refractivity contribution in [3.63, 3.8) is 0 Å². The summed E-state index contributed by atoms with van der Waals surface area (Å²) in [4.78, 5) is 23.6. The lowest BCUT2D eigenvalue weighted by Gasteiger charge is -2.08. The lowest BCUT2D eigenvalue weighted by Crippen LogP contribution is -2.38. The number of carbonyl (C=O) groups is 2. The zero-order chi connectivity index (χ0) is 14.7. The number of aliphatic carboxylic acids is 1. The summed E-state index contributed by atoms with van der Waals surface area (Å²) in [7, 11) is 0. The van der Waals surface area contributed by atoms with Crippen LogP contribution in [0.2, 0.25) is 0 Å². The van der Waals surface area contributed by atoms with E-state index in [4.69, 9.17) is 10.8 Å². The van der Waals surface area contributed by atoms with E-state index in [0.29, 0.717) is 10.6 Å². The summed E-state index contributed by atoms with van der Waals surface area (Å²) in [5, 5.41) is 11.6. The normalized spacial score (nSPS) is 11.8. The van der Waals surface area contributed by atoms with E-state index < -0.39 is 17.9 Å². The Morgan fingerprint density at radius 2 is 1.95 bits per heavy atom. The Morgan fingerprint density at radius 1 is 1.30 bits per heavy atom. The number of nitrogen functional groups attached to an aromatic ring is 1. The predicted octanol–water partition coefficient (Wildman–Crippen LogP) is 2.20. The summed E-state index contributed by atoms with van der Waals surface area (Å²) >= 11 is 1.30. The Kier molecular flexibility index (Phi) is 4.05. The van der Waals surface area contributed by atoms with Crippen LogP contribution in [0.15, 0.2) is 36.4 Å². The van der Waals surface area contributed by atoms with Gasteiger partial charge in [-0.2, -0.15) is 0 Å². The molecular formula is C14H14N2O3S. The van der Waals surface area contributed by atoms with Gasteiger partial charge in [0.2, 0.25) is 0 Å². The molecule has 0 aliphatic carbocycles. The molecule has 0 fully saturated rings. The molecule has 0 radical (unpaired) electrons. The van der Waals surface area contributed by atoms with E-state index in [-0.39, 0.29) is 0 Å². The van der Waals surface area contributed by atoms with E-state index in [1.54, 1.807) is 6.07 Å². The van der Waals surface area contributed by atoms with Crippen molar-refractivity contribution in [3.8, 4) is 10.4 Å². The first kappa shape index (κ1) is 14.1. The second kappa shape index (κ2) is 5.75. The third-order valence-corrected chi connectivity index (χ3v) is 3.80. The molecule has 1 aromatic carbocycles. The van der Waals surface area contributed by atoms with Crippen LogP contribution >= 0.6 is 11.3 Å². The largest absolute Gasteiger partial charge is 0.480 e. The quantitative estimate of drug-likeness (QED) is 0.805. The van der Waals surface area contributed by atoms with Crippen LogP contribution in [-0.4, -0.2) is 23.0 Å². The van der Waals surface area contributed by atoms with Gasteiger partial charge in [-0.15, -0.1) is 11.3 Å². The van der Waals surface area contributed by atoms with Gasteiger partial charge in [0.15, 0.2) is 0 Å². The highest BCUT2D eigenvalue weighted by Gasteiger charge is 2.19. The summed E-state index contributed by atoms with van der Waals surface area (Å²) in [5.41, 5.74) is 7.12. The second-order valence-corrected chi connectivity index (χ2v) is 5.37. The van der Waals surface area contributed by atoms with Crippen molar-refractivity contribution in [2.24, 2.45) is 0 Å². The Bertz CT molecular complexity index is 637. The van der Waals surface area contributed by atoms with E-state index in [1.165, 1.54) is 18.3 Å². The number of nitrogens with one attached hydrogen (secondary N) is 1. The third-order valence-electron chi connectivity index (χ3n) is 2.78. The molecular weight excluding hydrogens is 276 g/mol. The maximum Gasteiger partial charge on any atom is 0.325 e. The van der Waals surface area contributed by atoms with Crippen molar-refractivity contribution in [1.29, 1.82) is 0 Å². The van der Waals surface area contributed by atoms with E-state index in [9.17, 15) is 9.59 Å². The minimum absolute atomic E-state index is 0.307. The Labute approximate surface area is 120 Å². The number of amides is 1. The molecule has 5 nitrogen and oxygen atoms in total. The zero-order valence-electron chi connectivity index (χ0n) is 10.8. The fourth-order valence-electron chi connectivity index (χ4n) is 1.66. The van der Waals surface area contributed by atoms with Gasteiger partial charge in [0.05, 0.1) is 10.6 Å². The SMILES string of the molecule is CC(NC(=O)c1cc(-c2ccccc2)sc1N)C(=O)O. The van der Waals surface area contributed by atoms with Crippen LogP contribution in [0, 0.1) is 0 Å². The molecule has 1 unspecified atom stereocenters. The number of benzene rings is 1. The lowest BCUT2D eigenvalue weighted by molar-refractivity contribution is -0.138. The zero-order valence-corrected chi connectivity index (χ0v) is 11.6.